The number of amides is 1. The lowest BCUT2D eigenvalue weighted by atomic mass is 9.48. The summed E-state index contributed by atoms with van der Waals surface area (Å²) in [4.78, 5) is 26.2. The lowest BCUT2D eigenvalue weighted by Gasteiger charge is -2.56. The third-order valence-corrected chi connectivity index (χ3v) is 8.04. The molecule has 31 heavy (non-hydrogen) atoms. The highest BCUT2D eigenvalue weighted by molar-refractivity contribution is 5.89. The summed E-state index contributed by atoms with van der Waals surface area (Å²) in [5, 5.41) is 3.49. The Morgan fingerprint density at radius 1 is 1.26 bits per heavy atom. The van der Waals surface area contributed by atoms with Gasteiger partial charge in [0.15, 0.2) is 0 Å². The number of fused-ring (bicyclic) bond motifs is 1. The highest BCUT2D eigenvalue weighted by Gasteiger charge is 2.50. The molecule has 1 unspecified atom stereocenters. The number of allylic oxidation sites excluding steroid dienone is 1. The molecule has 1 amide bonds. The first-order chi connectivity index (χ1) is 14.9. The zero-order valence-electron chi connectivity index (χ0n) is 19.2. The minimum atomic E-state index is -0.310. The van der Waals surface area contributed by atoms with Crippen molar-refractivity contribution in [2.45, 2.75) is 65.0 Å². The Balaban J connectivity index is 1.22. The van der Waals surface area contributed by atoms with Crippen molar-refractivity contribution in [1.29, 1.82) is 0 Å². The fourth-order valence-electron chi connectivity index (χ4n) is 5.79. The molecule has 0 aromatic heterocycles. The Kier molecular flexibility index (Phi) is 6.52. The van der Waals surface area contributed by atoms with Gasteiger partial charge >= 0.3 is 5.97 Å². The number of hydrogen-bond donors (Lipinski definition) is 1. The maximum Gasteiger partial charge on any atom is 0.337 e. The Labute approximate surface area is 186 Å². The quantitative estimate of drug-likeness (QED) is 0.364. The second-order valence-electron chi connectivity index (χ2n) is 10.0. The van der Waals surface area contributed by atoms with Gasteiger partial charge in [0.05, 0.1) is 12.7 Å². The van der Waals surface area contributed by atoms with Crippen molar-refractivity contribution in [1.82, 2.24) is 10.2 Å². The molecule has 3 aliphatic carbocycles. The average Bonchev–Trinajstić information content (AvgIpc) is 3.14. The topological polar surface area (TPSA) is 58.6 Å². The Morgan fingerprint density at radius 2 is 2.03 bits per heavy atom. The molecular weight excluding hydrogens is 388 g/mol. The van der Waals surface area contributed by atoms with Crippen molar-refractivity contribution >= 4 is 11.9 Å². The van der Waals surface area contributed by atoms with Gasteiger partial charge < -0.3 is 15.0 Å². The van der Waals surface area contributed by atoms with Crippen molar-refractivity contribution in [2.75, 3.05) is 20.2 Å². The number of rotatable bonds is 9. The summed E-state index contributed by atoms with van der Waals surface area (Å²) in [5.41, 5.74) is 3.76. The molecule has 2 bridgehead atoms. The molecule has 1 aromatic rings. The van der Waals surface area contributed by atoms with Crippen LogP contribution in [-0.2, 0) is 16.1 Å². The number of methoxy groups -OCH3 is 1. The molecule has 2 fully saturated rings. The SMILES string of the molecule is COC(=O)c1ccc(CNCCC2CCC(=O)N2CCC2=CC[C@H]3C[C@@H]2C3(C)C)cc1. The van der Waals surface area contributed by atoms with Gasteiger partial charge in [-0.1, -0.05) is 37.6 Å². The number of ether oxygens (including phenoxy) is 1. The van der Waals surface area contributed by atoms with Crippen LogP contribution >= 0.6 is 0 Å². The lowest BCUT2D eigenvalue weighted by Crippen LogP contribution is -2.48. The molecule has 5 rings (SSSR count). The van der Waals surface area contributed by atoms with Crippen molar-refractivity contribution in [3.63, 3.8) is 0 Å². The zero-order chi connectivity index (χ0) is 22.0. The third kappa shape index (κ3) is 4.57. The van der Waals surface area contributed by atoms with E-state index in [0.29, 0.717) is 29.3 Å². The maximum absolute atomic E-state index is 12.5. The number of benzene rings is 1. The van der Waals surface area contributed by atoms with Crippen molar-refractivity contribution in [2.24, 2.45) is 17.3 Å². The van der Waals surface area contributed by atoms with Gasteiger partial charge in [-0.05, 0) is 73.6 Å². The Hall–Kier alpha value is -2.14. The molecule has 168 valence electrons. The van der Waals surface area contributed by atoms with Gasteiger partial charge in [-0.2, -0.15) is 0 Å². The zero-order valence-corrected chi connectivity index (χ0v) is 19.2. The van der Waals surface area contributed by atoms with Crippen LogP contribution in [0.15, 0.2) is 35.9 Å². The first kappa shape index (κ1) is 22.1. The van der Waals surface area contributed by atoms with Crippen LogP contribution in [0.5, 0.6) is 0 Å². The first-order valence-corrected chi connectivity index (χ1v) is 11.8. The molecule has 1 aliphatic heterocycles. The molecule has 0 spiro atoms. The molecule has 1 saturated heterocycles. The monoisotopic (exact) mass is 424 g/mol. The standard InChI is InChI=1S/C26H36N2O3/c1-26(2)21-9-8-19(23(26)16-21)13-15-28-22(10-11-24(28)29)12-14-27-17-18-4-6-20(7-5-18)25(30)31-3/h4-8,21-23,27H,9-17H2,1-3H3/t21-,22?,23-/m0/s1. The predicted molar refractivity (Wildman–Crippen MR) is 122 cm³/mol. The van der Waals surface area contributed by atoms with Gasteiger partial charge in [0.1, 0.15) is 0 Å². The van der Waals surface area contributed by atoms with Gasteiger partial charge in [-0.3, -0.25) is 4.79 Å². The van der Waals surface area contributed by atoms with Crippen LogP contribution in [0.1, 0.15) is 68.3 Å². The van der Waals surface area contributed by atoms with Crippen molar-refractivity contribution < 1.29 is 14.3 Å². The number of carbonyl (C=O) groups excluding carboxylic acids is 2. The van der Waals surface area contributed by atoms with Gasteiger partial charge in [-0.15, -0.1) is 0 Å². The average molecular weight is 425 g/mol. The first-order valence-electron chi connectivity index (χ1n) is 11.8. The lowest BCUT2D eigenvalue weighted by molar-refractivity contribution is -0.129. The van der Waals surface area contributed by atoms with E-state index in [2.05, 4.69) is 30.1 Å². The molecule has 0 radical (unpaired) electrons. The number of carbonyl (C=O) groups is 2. The van der Waals surface area contributed by atoms with E-state index in [0.717, 1.165) is 56.3 Å². The van der Waals surface area contributed by atoms with Gasteiger partial charge in [0, 0.05) is 25.6 Å². The number of nitrogens with one attached hydrogen (secondary N) is 1. The van der Waals surface area contributed by atoms with Crippen LogP contribution in [0.3, 0.4) is 0 Å². The van der Waals surface area contributed by atoms with E-state index in [1.54, 1.807) is 17.7 Å². The Bertz CT molecular complexity index is 843. The van der Waals surface area contributed by atoms with Gasteiger partial charge in [0.25, 0.3) is 0 Å². The van der Waals surface area contributed by atoms with E-state index >= 15 is 0 Å². The summed E-state index contributed by atoms with van der Waals surface area (Å²) < 4.78 is 4.74. The van der Waals surface area contributed by atoms with Crippen molar-refractivity contribution in [3.8, 4) is 0 Å². The van der Waals surface area contributed by atoms with Crippen LogP contribution in [0.25, 0.3) is 0 Å². The second-order valence-corrected chi connectivity index (χ2v) is 10.0. The van der Waals surface area contributed by atoms with Crippen molar-refractivity contribution in [3.05, 3.63) is 47.0 Å². The number of nitrogens with zero attached hydrogens (tertiary/aromatic N) is 1. The van der Waals surface area contributed by atoms with Crippen LogP contribution in [0, 0.1) is 17.3 Å². The summed E-state index contributed by atoms with van der Waals surface area (Å²) in [5.74, 6) is 1.61. The van der Waals surface area contributed by atoms with Crippen LogP contribution in [0.2, 0.25) is 0 Å². The maximum atomic E-state index is 12.5. The second kappa shape index (κ2) is 9.15. The molecule has 5 nitrogen and oxygen atoms in total. The summed E-state index contributed by atoms with van der Waals surface area (Å²) in [7, 11) is 1.39. The molecule has 1 aromatic carbocycles. The molecule has 3 atom stereocenters. The van der Waals surface area contributed by atoms with E-state index in [4.69, 9.17) is 4.74 Å². The summed E-state index contributed by atoms with van der Waals surface area (Å²) in [6.07, 6.45) is 8.74. The molecule has 4 aliphatic rings. The summed E-state index contributed by atoms with van der Waals surface area (Å²) >= 11 is 0. The van der Waals surface area contributed by atoms with E-state index in [1.165, 1.54) is 20.0 Å². The van der Waals surface area contributed by atoms with Gasteiger partial charge in [0.2, 0.25) is 5.91 Å². The fraction of sp³-hybridized carbons (Fsp3) is 0.615. The molecule has 1 N–H and O–H groups in total. The normalized spacial score (nSPS) is 26.4. The van der Waals surface area contributed by atoms with Crippen LogP contribution in [-0.4, -0.2) is 43.0 Å². The number of esters is 1. The number of likely N-dealkylation sites (tertiary alicyclic amines) is 1. The van der Waals surface area contributed by atoms with Gasteiger partial charge in [-0.25, -0.2) is 4.79 Å². The number of hydrogen-bond acceptors (Lipinski definition) is 4. The minimum absolute atomic E-state index is 0.310. The molecule has 5 heteroatoms. The molecule has 1 saturated carbocycles. The molecular formula is C26H36N2O3. The highest BCUT2D eigenvalue weighted by atomic mass is 16.5. The Morgan fingerprint density at radius 3 is 2.71 bits per heavy atom. The smallest absolute Gasteiger partial charge is 0.337 e. The fourth-order valence-corrected chi connectivity index (χ4v) is 5.79. The van der Waals surface area contributed by atoms with E-state index in [1.807, 2.05) is 12.1 Å². The summed E-state index contributed by atoms with van der Waals surface area (Å²) in [6.45, 7) is 7.34. The van der Waals surface area contributed by atoms with E-state index < -0.39 is 0 Å². The molecule has 1 heterocycles. The van der Waals surface area contributed by atoms with E-state index in [-0.39, 0.29) is 5.97 Å². The minimum Gasteiger partial charge on any atom is -0.465 e. The largest absolute Gasteiger partial charge is 0.465 e. The highest BCUT2D eigenvalue weighted by Crippen LogP contribution is 2.59. The predicted octanol–water partition coefficient (Wildman–Crippen LogP) is 4.33. The van der Waals surface area contributed by atoms with Crippen LogP contribution in [0.4, 0.5) is 0 Å². The third-order valence-electron chi connectivity index (χ3n) is 8.04. The summed E-state index contributed by atoms with van der Waals surface area (Å²) in [6, 6.07) is 7.86. The van der Waals surface area contributed by atoms with E-state index in [9.17, 15) is 9.59 Å². The van der Waals surface area contributed by atoms with Crippen LogP contribution < -0.4 is 5.32 Å².